The third kappa shape index (κ3) is 6.64. The number of rotatable bonds is 7. The van der Waals surface area contributed by atoms with Gasteiger partial charge < -0.3 is 14.7 Å². The van der Waals surface area contributed by atoms with Crippen LogP contribution in [0, 0.1) is 5.92 Å². The molecule has 2 aromatic rings. The summed E-state index contributed by atoms with van der Waals surface area (Å²) in [5.41, 5.74) is 2.19. The van der Waals surface area contributed by atoms with Crippen LogP contribution in [-0.2, 0) is 15.9 Å². The van der Waals surface area contributed by atoms with E-state index in [4.69, 9.17) is 11.6 Å². The van der Waals surface area contributed by atoms with Gasteiger partial charge in [-0.15, -0.1) is 0 Å². The van der Waals surface area contributed by atoms with Crippen LogP contribution in [0.1, 0.15) is 25.8 Å². The SMILES string of the molecule is CC(C)CC(C(=O)N1CCN(Cc2ccc(-c3ccc(Cl)cc3)cc2)CC1)P(=O)(O)O. The summed E-state index contributed by atoms with van der Waals surface area (Å²) in [5, 5.41) is 0.717. The van der Waals surface area contributed by atoms with Gasteiger partial charge in [-0.05, 0) is 41.2 Å². The maximum Gasteiger partial charge on any atom is 0.337 e. The van der Waals surface area contributed by atoms with E-state index in [-0.39, 0.29) is 12.3 Å². The summed E-state index contributed by atoms with van der Waals surface area (Å²) in [6, 6.07) is 16.1. The molecular formula is C23H30ClN2O4P. The van der Waals surface area contributed by atoms with Gasteiger partial charge in [-0.25, -0.2) is 0 Å². The predicted molar refractivity (Wildman–Crippen MR) is 124 cm³/mol. The summed E-state index contributed by atoms with van der Waals surface area (Å²) in [6.07, 6.45) is 0.198. The molecule has 168 valence electrons. The van der Waals surface area contributed by atoms with Crippen molar-refractivity contribution in [3.8, 4) is 11.1 Å². The molecule has 0 bridgehead atoms. The van der Waals surface area contributed by atoms with Crippen molar-refractivity contribution in [3.05, 3.63) is 59.1 Å². The Morgan fingerprint density at radius 2 is 1.48 bits per heavy atom. The van der Waals surface area contributed by atoms with Crippen molar-refractivity contribution in [2.45, 2.75) is 32.5 Å². The second kappa shape index (κ2) is 10.3. The molecule has 1 saturated heterocycles. The lowest BCUT2D eigenvalue weighted by atomic mass is 10.0. The summed E-state index contributed by atoms with van der Waals surface area (Å²) in [6.45, 7) is 6.84. The fourth-order valence-electron chi connectivity index (χ4n) is 3.87. The zero-order valence-electron chi connectivity index (χ0n) is 17.9. The molecular weight excluding hydrogens is 435 g/mol. The first kappa shape index (κ1) is 24.0. The predicted octanol–water partition coefficient (Wildman–Crippen LogP) is 4.24. The quantitative estimate of drug-likeness (QED) is 0.599. The lowest BCUT2D eigenvalue weighted by Crippen LogP contribution is -2.51. The molecule has 1 atom stereocenters. The number of carbonyl (C=O) groups is 1. The van der Waals surface area contributed by atoms with Crippen LogP contribution in [0.15, 0.2) is 48.5 Å². The highest BCUT2D eigenvalue weighted by Gasteiger charge is 2.39. The number of hydrogen-bond donors (Lipinski definition) is 2. The molecule has 0 aliphatic carbocycles. The zero-order chi connectivity index (χ0) is 22.6. The van der Waals surface area contributed by atoms with Crippen molar-refractivity contribution in [1.29, 1.82) is 0 Å². The van der Waals surface area contributed by atoms with Crippen LogP contribution < -0.4 is 0 Å². The first-order valence-corrected chi connectivity index (χ1v) is 12.6. The van der Waals surface area contributed by atoms with Crippen molar-refractivity contribution in [1.82, 2.24) is 9.80 Å². The lowest BCUT2D eigenvalue weighted by molar-refractivity contribution is -0.133. The van der Waals surface area contributed by atoms with Gasteiger partial charge in [-0.3, -0.25) is 14.3 Å². The highest BCUT2D eigenvalue weighted by molar-refractivity contribution is 7.53. The summed E-state index contributed by atoms with van der Waals surface area (Å²) in [5.74, 6) is -0.382. The van der Waals surface area contributed by atoms with E-state index in [0.717, 1.165) is 17.7 Å². The van der Waals surface area contributed by atoms with Gasteiger partial charge >= 0.3 is 7.60 Å². The molecule has 1 aliphatic rings. The number of benzene rings is 2. The standard InChI is InChI=1S/C23H30ClN2O4P/c1-17(2)15-22(31(28,29)30)23(27)26-13-11-25(12-14-26)16-18-3-5-19(6-4-18)20-7-9-21(24)10-8-20/h3-10,17,22H,11-16H2,1-2H3,(H2,28,29,30). The number of nitrogens with zero attached hydrogens (tertiary/aromatic N) is 2. The topological polar surface area (TPSA) is 81.1 Å². The summed E-state index contributed by atoms with van der Waals surface area (Å²) in [7, 11) is -4.47. The number of hydrogen-bond acceptors (Lipinski definition) is 3. The number of amides is 1. The van der Waals surface area contributed by atoms with Crippen molar-refractivity contribution >= 4 is 25.1 Å². The molecule has 1 unspecified atom stereocenters. The second-order valence-electron chi connectivity index (χ2n) is 8.54. The first-order valence-electron chi connectivity index (χ1n) is 10.5. The molecule has 1 heterocycles. The van der Waals surface area contributed by atoms with Gasteiger partial charge in [-0.2, -0.15) is 0 Å². The molecule has 8 heteroatoms. The number of carbonyl (C=O) groups excluding carboxylic acids is 1. The molecule has 1 aliphatic heterocycles. The van der Waals surface area contributed by atoms with E-state index >= 15 is 0 Å². The average molecular weight is 465 g/mol. The maximum atomic E-state index is 12.7. The minimum absolute atomic E-state index is 0.0405. The van der Waals surface area contributed by atoms with Gasteiger partial charge in [0.25, 0.3) is 0 Å². The molecule has 0 saturated carbocycles. The highest BCUT2D eigenvalue weighted by atomic mass is 35.5. The van der Waals surface area contributed by atoms with E-state index in [9.17, 15) is 19.1 Å². The molecule has 1 fully saturated rings. The Hall–Kier alpha value is -1.69. The fourth-order valence-corrected chi connectivity index (χ4v) is 5.14. The maximum absolute atomic E-state index is 12.7. The molecule has 1 amide bonds. The molecule has 0 radical (unpaired) electrons. The minimum Gasteiger partial charge on any atom is -0.339 e. The van der Waals surface area contributed by atoms with Gasteiger partial charge in [0.2, 0.25) is 5.91 Å². The van der Waals surface area contributed by atoms with Crippen molar-refractivity contribution in [3.63, 3.8) is 0 Å². The second-order valence-corrected chi connectivity index (χ2v) is 10.8. The fraction of sp³-hybridized carbons (Fsp3) is 0.435. The van der Waals surface area contributed by atoms with Gasteiger partial charge in [-0.1, -0.05) is 61.8 Å². The van der Waals surface area contributed by atoms with E-state index < -0.39 is 19.2 Å². The van der Waals surface area contributed by atoms with Crippen molar-refractivity contribution < 1.29 is 19.1 Å². The van der Waals surface area contributed by atoms with Crippen LogP contribution in [0.2, 0.25) is 5.02 Å². The summed E-state index contributed by atoms with van der Waals surface area (Å²) < 4.78 is 11.8. The Balaban J connectivity index is 1.55. The van der Waals surface area contributed by atoms with Gasteiger partial charge in [0, 0.05) is 37.7 Å². The van der Waals surface area contributed by atoms with Crippen LogP contribution in [0.25, 0.3) is 11.1 Å². The average Bonchev–Trinajstić information content (AvgIpc) is 2.72. The van der Waals surface area contributed by atoms with Crippen molar-refractivity contribution in [2.75, 3.05) is 26.2 Å². The van der Waals surface area contributed by atoms with E-state index in [1.165, 1.54) is 5.56 Å². The van der Waals surface area contributed by atoms with Crippen LogP contribution in [0.5, 0.6) is 0 Å². The van der Waals surface area contributed by atoms with Crippen LogP contribution >= 0.6 is 19.2 Å². The Labute approximate surface area is 189 Å². The molecule has 6 nitrogen and oxygen atoms in total. The van der Waals surface area contributed by atoms with Crippen molar-refractivity contribution in [2.24, 2.45) is 5.92 Å². The number of piperazine rings is 1. The van der Waals surface area contributed by atoms with Gasteiger partial charge in [0.15, 0.2) is 0 Å². The van der Waals surface area contributed by atoms with Crippen LogP contribution in [-0.4, -0.2) is 57.3 Å². The van der Waals surface area contributed by atoms with Crippen LogP contribution in [0.3, 0.4) is 0 Å². The summed E-state index contributed by atoms with van der Waals surface area (Å²) >= 11 is 5.96. The monoisotopic (exact) mass is 464 g/mol. The van der Waals surface area contributed by atoms with E-state index in [1.54, 1.807) is 4.90 Å². The van der Waals surface area contributed by atoms with Gasteiger partial charge in [0.1, 0.15) is 5.66 Å². The minimum atomic E-state index is -4.47. The number of halogens is 1. The third-order valence-electron chi connectivity index (χ3n) is 5.61. The summed E-state index contributed by atoms with van der Waals surface area (Å²) in [4.78, 5) is 35.9. The third-order valence-corrected chi connectivity index (χ3v) is 7.10. The zero-order valence-corrected chi connectivity index (χ0v) is 19.6. The molecule has 0 spiro atoms. The lowest BCUT2D eigenvalue weighted by Gasteiger charge is -2.36. The smallest absolute Gasteiger partial charge is 0.337 e. The van der Waals surface area contributed by atoms with E-state index in [2.05, 4.69) is 29.2 Å². The van der Waals surface area contributed by atoms with E-state index in [1.807, 2.05) is 38.1 Å². The van der Waals surface area contributed by atoms with E-state index in [0.29, 0.717) is 31.2 Å². The first-order chi connectivity index (χ1) is 14.6. The molecule has 3 rings (SSSR count). The molecule has 2 aromatic carbocycles. The largest absolute Gasteiger partial charge is 0.339 e. The molecule has 31 heavy (non-hydrogen) atoms. The Morgan fingerprint density at radius 3 is 1.97 bits per heavy atom. The van der Waals surface area contributed by atoms with Gasteiger partial charge in [0.05, 0.1) is 0 Å². The Bertz CT molecular complexity index is 920. The van der Waals surface area contributed by atoms with Crippen LogP contribution in [0.4, 0.5) is 0 Å². The Morgan fingerprint density at radius 1 is 0.968 bits per heavy atom. The normalized spacial score (nSPS) is 16.5. The Kier molecular flexibility index (Phi) is 7.95. The molecule has 0 aromatic heterocycles. The highest BCUT2D eigenvalue weighted by Crippen LogP contribution is 2.45. The molecule has 2 N–H and O–H groups in total.